The van der Waals surface area contributed by atoms with Crippen LogP contribution in [-0.2, 0) is 10.0 Å². The van der Waals surface area contributed by atoms with Crippen molar-refractivity contribution in [3.63, 3.8) is 0 Å². The van der Waals surface area contributed by atoms with Crippen LogP contribution in [0.1, 0.15) is 30.9 Å². The third-order valence-electron chi connectivity index (χ3n) is 3.90. The highest BCUT2D eigenvalue weighted by molar-refractivity contribution is 7.89. The van der Waals surface area contributed by atoms with E-state index in [4.69, 9.17) is 5.26 Å². The Morgan fingerprint density at radius 3 is 2.86 bits per heavy atom. The number of benzene rings is 1. The van der Waals surface area contributed by atoms with Crippen molar-refractivity contribution in [3.05, 3.63) is 29.3 Å². The molecule has 1 aliphatic rings. The molecule has 0 bridgehead atoms. The molecule has 1 fully saturated rings. The molecule has 2 rings (SSSR count). The number of hydrogen-bond acceptors (Lipinski definition) is 4. The van der Waals surface area contributed by atoms with E-state index >= 15 is 0 Å². The van der Waals surface area contributed by atoms with Crippen molar-refractivity contribution >= 4 is 10.0 Å². The molecule has 114 valence electrons. The van der Waals surface area contributed by atoms with Gasteiger partial charge in [-0.15, -0.1) is 0 Å². The number of likely N-dealkylation sites (N-methyl/N-ethyl adjacent to an activating group) is 1. The molecule has 21 heavy (non-hydrogen) atoms. The normalized spacial score (nSPS) is 20.1. The molecule has 1 N–H and O–H groups in total. The third-order valence-corrected chi connectivity index (χ3v) is 5.42. The first-order chi connectivity index (χ1) is 9.96. The molecule has 0 saturated carbocycles. The summed E-state index contributed by atoms with van der Waals surface area (Å²) in [6.07, 6.45) is 1.87. The fraction of sp³-hybridized carbons (Fsp3) is 0.533. The van der Waals surface area contributed by atoms with Gasteiger partial charge in [-0.2, -0.15) is 5.26 Å². The van der Waals surface area contributed by atoms with Crippen molar-refractivity contribution in [2.45, 2.75) is 37.6 Å². The molecule has 1 unspecified atom stereocenters. The molecular weight excluding hydrogens is 286 g/mol. The summed E-state index contributed by atoms with van der Waals surface area (Å²) in [6.45, 7) is 6.56. The van der Waals surface area contributed by atoms with Crippen molar-refractivity contribution in [1.29, 1.82) is 5.26 Å². The fourth-order valence-corrected chi connectivity index (χ4v) is 4.00. The third kappa shape index (κ3) is 3.82. The molecule has 1 saturated heterocycles. The molecule has 1 aromatic carbocycles. The Morgan fingerprint density at radius 2 is 2.24 bits per heavy atom. The van der Waals surface area contributed by atoms with Gasteiger partial charge in [0.05, 0.1) is 16.5 Å². The number of likely N-dealkylation sites (tertiary alicyclic amines) is 1. The van der Waals surface area contributed by atoms with Crippen molar-refractivity contribution in [2.24, 2.45) is 0 Å². The highest BCUT2D eigenvalue weighted by Crippen LogP contribution is 2.17. The van der Waals surface area contributed by atoms with E-state index < -0.39 is 10.0 Å². The van der Waals surface area contributed by atoms with Gasteiger partial charge in [-0.05, 0) is 56.6 Å². The Bertz CT molecular complexity index is 649. The smallest absolute Gasteiger partial charge is 0.240 e. The number of rotatable bonds is 4. The van der Waals surface area contributed by atoms with Crippen molar-refractivity contribution < 1.29 is 8.42 Å². The molecule has 0 radical (unpaired) electrons. The van der Waals surface area contributed by atoms with Gasteiger partial charge in [0.15, 0.2) is 0 Å². The Kier molecular flexibility index (Phi) is 4.99. The van der Waals surface area contributed by atoms with E-state index in [0.29, 0.717) is 11.1 Å². The minimum absolute atomic E-state index is 0.0420. The maximum atomic E-state index is 12.4. The van der Waals surface area contributed by atoms with Crippen LogP contribution in [0.2, 0.25) is 0 Å². The van der Waals surface area contributed by atoms with E-state index in [-0.39, 0.29) is 10.9 Å². The minimum atomic E-state index is -3.53. The number of sulfonamides is 1. The summed E-state index contributed by atoms with van der Waals surface area (Å²) in [5, 5.41) is 8.91. The van der Waals surface area contributed by atoms with Crippen LogP contribution in [0.25, 0.3) is 0 Å². The molecule has 1 heterocycles. The van der Waals surface area contributed by atoms with Crippen LogP contribution in [-0.4, -0.2) is 39.0 Å². The number of nitrogens with one attached hydrogen (secondary N) is 1. The van der Waals surface area contributed by atoms with Crippen LogP contribution in [0.15, 0.2) is 23.1 Å². The first kappa shape index (κ1) is 16.0. The molecule has 0 spiro atoms. The van der Waals surface area contributed by atoms with Gasteiger partial charge in [0.2, 0.25) is 10.0 Å². The highest BCUT2D eigenvalue weighted by Gasteiger charge is 2.24. The standard InChI is InChI=1S/C15H21N3O2S/c1-3-18-8-4-5-14(11-18)17-21(19,20)15-7-6-13(10-16)12(2)9-15/h6-7,9,14,17H,3-5,8,11H2,1-2H3. The van der Waals surface area contributed by atoms with E-state index in [9.17, 15) is 8.42 Å². The van der Waals surface area contributed by atoms with Gasteiger partial charge >= 0.3 is 0 Å². The van der Waals surface area contributed by atoms with Gasteiger partial charge in [0, 0.05) is 12.6 Å². The largest absolute Gasteiger partial charge is 0.302 e. The summed E-state index contributed by atoms with van der Waals surface area (Å²) in [5.41, 5.74) is 1.18. The second-order valence-corrected chi connectivity index (χ2v) is 7.16. The van der Waals surface area contributed by atoms with E-state index in [0.717, 1.165) is 32.5 Å². The Morgan fingerprint density at radius 1 is 1.48 bits per heavy atom. The lowest BCUT2D eigenvalue weighted by Crippen LogP contribution is -2.47. The fourth-order valence-electron chi connectivity index (χ4n) is 2.66. The van der Waals surface area contributed by atoms with Gasteiger partial charge in [-0.25, -0.2) is 13.1 Å². The topological polar surface area (TPSA) is 73.2 Å². The van der Waals surface area contributed by atoms with Crippen molar-refractivity contribution in [3.8, 4) is 6.07 Å². The zero-order chi connectivity index (χ0) is 15.5. The maximum absolute atomic E-state index is 12.4. The van der Waals surface area contributed by atoms with Crippen LogP contribution in [0, 0.1) is 18.3 Å². The van der Waals surface area contributed by atoms with Gasteiger partial charge in [0.1, 0.15) is 0 Å². The molecule has 5 nitrogen and oxygen atoms in total. The zero-order valence-corrected chi connectivity index (χ0v) is 13.3. The molecule has 1 atom stereocenters. The summed E-state index contributed by atoms with van der Waals surface area (Å²) in [7, 11) is -3.53. The molecule has 0 amide bonds. The van der Waals surface area contributed by atoms with Crippen LogP contribution in [0.3, 0.4) is 0 Å². The first-order valence-corrected chi connectivity index (χ1v) is 8.70. The molecule has 1 aromatic rings. The van der Waals surface area contributed by atoms with Gasteiger partial charge in [-0.1, -0.05) is 6.92 Å². The summed E-state index contributed by atoms with van der Waals surface area (Å²) >= 11 is 0. The Labute approximate surface area is 126 Å². The number of piperidine rings is 1. The first-order valence-electron chi connectivity index (χ1n) is 7.21. The average Bonchev–Trinajstić information content (AvgIpc) is 2.47. The van der Waals surface area contributed by atoms with Crippen LogP contribution >= 0.6 is 0 Å². The predicted molar refractivity (Wildman–Crippen MR) is 81.4 cm³/mol. The quantitative estimate of drug-likeness (QED) is 0.917. The number of hydrogen-bond donors (Lipinski definition) is 1. The van der Waals surface area contributed by atoms with E-state index in [1.807, 2.05) is 6.07 Å². The Balaban J connectivity index is 2.15. The second-order valence-electron chi connectivity index (χ2n) is 5.44. The predicted octanol–water partition coefficient (Wildman–Crippen LogP) is 1.63. The SMILES string of the molecule is CCN1CCCC(NS(=O)(=O)c2ccc(C#N)c(C)c2)C1. The molecule has 6 heteroatoms. The van der Waals surface area contributed by atoms with Gasteiger partial charge in [-0.3, -0.25) is 0 Å². The van der Waals surface area contributed by atoms with Crippen molar-refractivity contribution in [2.75, 3.05) is 19.6 Å². The minimum Gasteiger partial charge on any atom is -0.302 e. The summed E-state index contributed by atoms with van der Waals surface area (Å²) < 4.78 is 27.7. The van der Waals surface area contributed by atoms with Crippen LogP contribution in [0.5, 0.6) is 0 Å². The van der Waals surface area contributed by atoms with Crippen LogP contribution in [0.4, 0.5) is 0 Å². The number of nitriles is 1. The average molecular weight is 307 g/mol. The monoisotopic (exact) mass is 307 g/mol. The highest BCUT2D eigenvalue weighted by atomic mass is 32.2. The number of aryl methyl sites for hydroxylation is 1. The van der Waals surface area contributed by atoms with E-state index in [2.05, 4.69) is 16.5 Å². The lowest BCUT2D eigenvalue weighted by Gasteiger charge is -2.32. The molecular formula is C15H21N3O2S. The van der Waals surface area contributed by atoms with Crippen molar-refractivity contribution in [1.82, 2.24) is 9.62 Å². The molecule has 1 aliphatic heterocycles. The van der Waals surface area contributed by atoms with E-state index in [1.54, 1.807) is 19.1 Å². The maximum Gasteiger partial charge on any atom is 0.240 e. The zero-order valence-electron chi connectivity index (χ0n) is 12.5. The number of nitrogens with zero attached hydrogens (tertiary/aromatic N) is 2. The molecule has 0 aliphatic carbocycles. The lowest BCUT2D eigenvalue weighted by atomic mass is 10.1. The summed E-state index contributed by atoms with van der Waals surface area (Å²) in [6, 6.07) is 6.61. The summed E-state index contributed by atoms with van der Waals surface area (Å²) in [4.78, 5) is 2.48. The van der Waals surface area contributed by atoms with Gasteiger partial charge < -0.3 is 4.90 Å². The lowest BCUT2D eigenvalue weighted by molar-refractivity contribution is 0.211. The van der Waals surface area contributed by atoms with Gasteiger partial charge in [0.25, 0.3) is 0 Å². The molecule has 0 aromatic heterocycles. The van der Waals surface area contributed by atoms with E-state index in [1.165, 1.54) is 6.07 Å². The van der Waals surface area contributed by atoms with Crippen LogP contribution < -0.4 is 4.72 Å². The second kappa shape index (κ2) is 6.56. The Hall–Kier alpha value is -1.42. The summed E-state index contributed by atoms with van der Waals surface area (Å²) in [5.74, 6) is 0.